The molecule has 1 nitrogen and oxygen atoms in total. The van der Waals surface area contributed by atoms with Crippen LogP contribution in [0.15, 0.2) is 0 Å². The summed E-state index contributed by atoms with van der Waals surface area (Å²) in [7, 11) is 0. The van der Waals surface area contributed by atoms with Crippen molar-refractivity contribution in [2.45, 2.75) is 45.1 Å². The molecule has 0 aromatic carbocycles. The maximum atomic E-state index is 8.93. The van der Waals surface area contributed by atoms with Crippen molar-refractivity contribution in [1.82, 2.24) is 0 Å². The molecule has 2 atom stereocenters. The van der Waals surface area contributed by atoms with Gasteiger partial charge in [0.25, 0.3) is 0 Å². The van der Waals surface area contributed by atoms with Gasteiger partial charge < -0.3 is 5.11 Å². The molecule has 0 saturated heterocycles. The van der Waals surface area contributed by atoms with Gasteiger partial charge in [-0.05, 0) is 18.8 Å². The molecule has 1 rings (SSSR count). The van der Waals surface area contributed by atoms with Gasteiger partial charge >= 0.3 is 0 Å². The van der Waals surface area contributed by atoms with Gasteiger partial charge in [-0.25, -0.2) is 0 Å². The maximum absolute atomic E-state index is 8.93. The predicted octanol–water partition coefficient (Wildman–Crippen LogP) is 1.95. The molecule has 1 N–H and O–H groups in total. The minimum atomic E-state index is 0.0712. The normalized spacial score (nSPS) is 32.7. The molecule has 0 amide bonds. The Morgan fingerprint density at radius 2 is 2.11 bits per heavy atom. The van der Waals surface area contributed by atoms with Gasteiger partial charge in [-0.15, -0.1) is 0 Å². The molecular weight excluding hydrogens is 112 g/mol. The summed E-state index contributed by atoms with van der Waals surface area (Å²) in [5.41, 5.74) is 0. The van der Waals surface area contributed by atoms with E-state index in [1.54, 1.807) is 0 Å². The summed E-state index contributed by atoms with van der Waals surface area (Å²) in [6, 6.07) is 0. The third-order valence-corrected chi connectivity index (χ3v) is 2.06. The second kappa shape index (κ2) is 3.21. The average Bonchev–Trinajstić information content (AvgIpc) is 2.48. The first-order valence-corrected chi connectivity index (χ1v) is 4.02. The van der Waals surface area contributed by atoms with Crippen LogP contribution in [-0.2, 0) is 0 Å². The smallest absolute Gasteiger partial charge is 0.0573 e. The lowest BCUT2D eigenvalue weighted by Gasteiger charge is -1.93. The summed E-state index contributed by atoms with van der Waals surface area (Å²) in [5, 5.41) is 8.93. The van der Waals surface area contributed by atoms with Crippen molar-refractivity contribution in [3.8, 4) is 0 Å². The zero-order chi connectivity index (χ0) is 6.69. The summed E-state index contributed by atoms with van der Waals surface area (Å²) >= 11 is 0. The fraction of sp³-hybridized carbons (Fsp3) is 1.00. The Kier molecular flexibility index (Phi) is 2.52. The van der Waals surface area contributed by atoms with Gasteiger partial charge in [-0.2, -0.15) is 0 Å². The Labute approximate surface area is 57.1 Å². The molecule has 9 heavy (non-hydrogen) atoms. The van der Waals surface area contributed by atoms with Gasteiger partial charge in [0.05, 0.1) is 6.10 Å². The number of hydrogen-bond donors (Lipinski definition) is 1. The fourth-order valence-electron chi connectivity index (χ4n) is 1.20. The lowest BCUT2D eigenvalue weighted by molar-refractivity contribution is 0.255. The highest BCUT2D eigenvalue weighted by Crippen LogP contribution is 2.34. The number of unbranched alkanes of at least 4 members (excludes halogenated alkanes) is 2. The van der Waals surface area contributed by atoms with Crippen LogP contribution in [0.3, 0.4) is 0 Å². The Bertz CT molecular complexity index is 80.6. The molecule has 1 aliphatic carbocycles. The van der Waals surface area contributed by atoms with Crippen LogP contribution in [0.5, 0.6) is 0 Å². The van der Waals surface area contributed by atoms with Crippen molar-refractivity contribution in [1.29, 1.82) is 0 Å². The number of aliphatic hydroxyl groups is 1. The molecule has 1 heteroatoms. The Morgan fingerprint density at radius 1 is 1.44 bits per heavy atom. The van der Waals surface area contributed by atoms with E-state index in [1.807, 2.05) is 0 Å². The van der Waals surface area contributed by atoms with Gasteiger partial charge in [0.15, 0.2) is 0 Å². The van der Waals surface area contributed by atoms with E-state index in [9.17, 15) is 0 Å². The predicted molar refractivity (Wildman–Crippen MR) is 38.3 cm³/mol. The van der Waals surface area contributed by atoms with Crippen LogP contribution in [0.4, 0.5) is 0 Å². The molecule has 0 heterocycles. The van der Waals surface area contributed by atoms with E-state index in [0.717, 1.165) is 6.42 Å². The third-order valence-electron chi connectivity index (χ3n) is 2.06. The van der Waals surface area contributed by atoms with Crippen molar-refractivity contribution >= 4 is 0 Å². The molecule has 0 spiro atoms. The highest BCUT2D eigenvalue weighted by Gasteiger charge is 2.33. The molecular formula is C8H16O. The van der Waals surface area contributed by atoms with Crippen molar-refractivity contribution < 1.29 is 5.11 Å². The van der Waals surface area contributed by atoms with Gasteiger partial charge in [0.1, 0.15) is 0 Å². The largest absolute Gasteiger partial charge is 0.393 e. The highest BCUT2D eigenvalue weighted by atomic mass is 16.3. The lowest BCUT2D eigenvalue weighted by atomic mass is 10.1. The van der Waals surface area contributed by atoms with E-state index in [2.05, 4.69) is 6.92 Å². The summed E-state index contributed by atoms with van der Waals surface area (Å²) in [6.07, 6.45) is 6.35. The van der Waals surface area contributed by atoms with Crippen LogP contribution in [-0.4, -0.2) is 11.2 Å². The van der Waals surface area contributed by atoms with Crippen LogP contribution >= 0.6 is 0 Å². The average molecular weight is 128 g/mol. The van der Waals surface area contributed by atoms with E-state index in [-0.39, 0.29) is 6.10 Å². The summed E-state index contributed by atoms with van der Waals surface area (Å²) in [5.74, 6) is 0.677. The molecule has 0 radical (unpaired) electrons. The van der Waals surface area contributed by atoms with E-state index in [4.69, 9.17) is 5.11 Å². The second-order valence-electron chi connectivity index (χ2n) is 3.06. The number of aliphatic hydroxyl groups excluding tert-OH is 1. The molecule has 0 unspecified atom stereocenters. The first-order valence-electron chi connectivity index (χ1n) is 4.02. The summed E-state index contributed by atoms with van der Waals surface area (Å²) in [4.78, 5) is 0. The van der Waals surface area contributed by atoms with Crippen LogP contribution in [0.25, 0.3) is 0 Å². The Balaban J connectivity index is 1.83. The van der Waals surface area contributed by atoms with Gasteiger partial charge in [0, 0.05) is 0 Å². The first-order chi connectivity index (χ1) is 4.34. The quantitative estimate of drug-likeness (QED) is 0.574. The van der Waals surface area contributed by atoms with E-state index < -0.39 is 0 Å². The van der Waals surface area contributed by atoms with E-state index in [0.29, 0.717) is 5.92 Å². The minimum Gasteiger partial charge on any atom is -0.393 e. The standard InChI is InChI=1S/C8H16O/c1-2-3-4-5-7-6-8(7)9/h7-9H,2-6H2,1H3/t7-,8-/m0/s1. The molecule has 1 saturated carbocycles. The monoisotopic (exact) mass is 128 g/mol. The maximum Gasteiger partial charge on any atom is 0.0573 e. The van der Waals surface area contributed by atoms with Gasteiger partial charge in [-0.3, -0.25) is 0 Å². The Hall–Kier alpha value is -0.0400. The van der Waals surface area contributed by atoms with Crippen molar-refractivity contribution in [3.63, 3.8) is 0 Å². The topological polar surface area (TPSA) is 20.2 Å². The number of hydrogen-bond acceptors (Lipinski definition) is 1. The van der Waals surface area contributed by atoms with Crippen LogP contribution in [0.1, 0.15) is 39.0 Å². The highest BCUT2D eigenvalue weighted by molar-refractivity contribution is 4.84. The molecule has 54 valence electrons. The third kappa shape index (κ3) is 2.35. The van der Waals surface area contributed by atoms with Crippen molar-refractivity contribution in [3.05, 3.63) is 0 Å². The van der Waals surface area contributed by atoms with Crippen LogP contribution in [0, 0.1) is 5.92 Å². The first kappa shape index (κ1) is 7.07. The molecule has 1 fully saturated rings. The minimum absolute atomic E-state index is 0.0712. The molecule has 0 aromatic rings. The number of rotatable bonds is 4. The van der Waals surface area contributed by atoms with Crippen molar-refractivity contribution in [2.24, 2.45) is 5.92 Å². The van der Waals surface area contributed by atoms with Gasteiger partial charge in [-0.1, -0.05) is 26.2 Å². The summed E-state index contributed by atoms with van der Waals surface area (Å²) < 4.78 is 0. The zero-order valence-electron chi connectivity index (χ0n) is 6.14. The second-order valence-corrected chi connectivity index (χ2v) is 3.06. The van der Waals surface area contributed by atoms with Gasteiger partial charge in [0.2, 0.25) is 0 Å². The van der Waals surface area contributed by atoms with Crippen molar-refractivity contribution in [2.75, 3.05) is 0 Å². The Morgan fingerprint density at radius 3 is 2.56 bits per heavy atom. The fourth-order valence-corrected chi connectivity index (χ4v) is 1.20. The van der Waals surface area contributed by atoms with E-state index in [1.165, 1.54) is 25.7 Å². The van der Waals surface area contributed by atoms with Crippen LogP contribution in [0.2, 0.25) is 0 Å². The molecule has 0 bridgehead atoms. The van der Waals surface area contributed by atoms with E-state index >= 15 is 0 Å². The SMILES string of the molecule is CCCCC[C@H]1C[C@@H]1O. The lowest BCUT2D eigenvalue weighted by Crippen LogP contribution is -1.85. The molecule has 1 aliphatic rings. The molecule has 0 aliphatic heterocycles. The summed E-state index contributed by atoms with van der Waals surface area (Å²) in [6.45, 7) is 2.21. The van der Waals surface area contributed by atoms with Crippen LogP contribution < -0.4 is 0 Å². The molecule has 0 aromatic heterocycles. The zero-order valence-corrected chi connectivity index (χ0v) is 6.14.